The van der Waals surface area contributed by atoms with Crippen molar-refractivity contribution in [3.05, 3.63) is 0 Å². The maximum atomic E-state index is 11.8. The van der Waals surface area contributed by atoms with Crippen LogP contribution in [-0.4, -0.2) is 23.7 Å². The van der Waals surface area contributed by atoms with Crippen LogP contribution in [0.25, 0.3) is 0 Å². The predicted molar refractivity (Wildman–Crippen MR) is 113 cm³/mol. The molecule has 0 aliphatic heterocycles. The van der Waals surface area contributed by atoms with Crippen LogP contribution < -0.4 is 5.32 Å². The van der Waals surface area contributed by atoms with E-state index in [1.807, 2.05) is 13.8 Å². The Hall–Kier alpha value is -0.570. The summed E-state index contributed by atoms with van der Waals surface area (Å²) in [4.78, 5) is 11.8. The smallest absolute Gasteiger partial charge is 0.220 e. The number of unbranched alkanes of at least 4 members (excludes halogenated alkanes) is 14. The van der Waals surface area contributed by atoms with E-state index in [1.54, 1.807) is 0 Å². The van der Waals surface area contributed by atoms with Gasteiger partial charge in [-0.15, -0.1) is 0 Å². The largest absolute Gasteiger partial charge is 0.394 e. The molecular weight excluding hydrogens is 322 g/mol. The second kappa shape index (κ2) is 19.2. The summed E-state index contributed by atoms with van der Waals surface area (Å²) in [5, 5.41) is 12.2. The van der Waals surface area contributed by atoms with Gasteiger partial charge in [0.05, 0.1) is 12.6 Å². The number of nitrogens with one attached hydrogen (secondary N) is 1. The Morgan fingerprint density at radius 1 is 0.731 bits per heavy atom. The predicted octanol–water partition coefficient (Wildman–Crippen LogP) is 6.38. The average molecular weight is 370 g/mol. The summed E-state index contributed by atoms with van der Waals surface area (Å²) in [5.74, 6) is 0.373. The number of carbonyl (C=O) groups is 1. The molecule has 0 rings (SSSR count). The van der Waals surface area contributed by atoms with Crippen LogP contribution in [0.3, 0.4) is 0 Å². The third-order valence-corrected chi connectivity index (χ3v) is 5.36. The van der Waals surface area contributed by atoms with Crippen LogP contribution in [-0.2, 0) is 4.79 Å². The Morgan fingerprint density at radius 2 is 1.12 bits per heavy atom. The minimum absolute atomic E-state index is 0.0300. The molecule has 0 aromatic heterocycles. The Morgan fingerprint density at radius 3 is 1.46 bits per heavy atom. The van der Waals surface area contributed by atoms with E-state index >= 15 is 0 Å². The van der Waals surface area contributed by atoms with Crippen molar-refractivity contribution in [2.75, 3.05) is 6.61 Å². The number of carbonyl (C=O) groups excluding carboxylic acids is 1. The summed E-state index contributed by atoms with van der Waals surface area (Å²) >= 11 is 0. The number of aliphatic hydroxyl groups excluding tert-OH is 1. The van der Waals surface area contributed by atoms with E-state index in [2.05, 4.69) is 12.2 Å². The highest BCUT2D eigenvalue weighted by atomic mass is 16.3. The van der Waals surface area contributed by atoms with Gasteiger partial charge in [-0.05, 0) is 12.3 Å². The maximum Gasteiger partial charge on any atom is 0.220 e. The molecule has 0 aliphatic carbocycles. The van der Waals surface area contributed by atoms with Gasteiger partial charge in [0, 0.05) is 6.42 Å². The summed E-state index contributed by atoms with van der Waals surface area (Å²) < 4.78 is 0. The maximum absolute atomic E-state index is 11.8. The van der Waals surface area contributed by atoms with E-state index in [4.69, 9.17) is 0 Å². The molecule has 1 amide bonds. The van der Waals surface area contributed by atoms with Crippen LogP contribution in [0.2, 0.25) is 0 Å². The number of hydrogen-bond donors (Lipinski definition) is 2. The summed E-state index contributed by atoms with van der Waals surface area (Å²) in [6.07, 6.45) is 20.7. The third-order valence-electron chi connectivity index (χ3n) is 5.36. The van der Waals surface area contributed by atoms with Crippen LogP contribution in [0.5, 0.6) is 0 Å². The van der Waals surface area contributed by atoms with Crippen LogP contribution in [0.1, 0.15) is 124 Å². The highest BCUT2D eigenvalue weighted by Crippen LogP contribution is 2.13. The number of rotatable bonds is 19. The van der Waals surface area contributed by atoms with Gasteiger partial charge in [-0.1, -0.05) is 111 Å². The lowest BCUT2D eigenvalue weighted by molar-refractivity contribution is -0.122. The van der Waals surface area contributed by atoms with Gasteiger partial charge >= 0.3 is 0 Å². The fourth-order valence-electron chi connectivity index (χ4n) is 3.36. The van der Waals surface area contributed by atoms with Crippen molar-refractivity contribution in [2.45, 2.75) is 130 Å². The second-order valence-electron chi connectivity index (χ2n) is 8.30. The van der Waals surface area contributed by atoms with E-state index in [0.717, 1.165) is 12.8 Å². The molecule has 2 N–H and O–H groups in total. The van der Waals surface area contributed by atoms with Gasteiger partial charge in [-0.3, -0.25) is 4.79 Å². The first-order chi connectivity index (χ1) is 12.6. The van der Waals surface area contributed by atoms with Crippen molar-refractivity contribution in [3.8, 4) is 0 Å². The first kappa shape index (κ1) is 25.4. The number of aliphatic hydroxyl groups is 1. The Kier molecular flexibility index (Phi) is 18.8. The van der Waals surface area contributed by atoms with Crippen molar-refractivity contribution in [1.82, 2.24) is 5.32 Å². The highest BCUT2D eigenvalue weighted by molar-refractivity contribution is 5.76. The molecule has 0 spiro atoms. The minimum atomic E-state index is -0.0983. The van der Waals surface area contributed by atoms with Crippen LogP contribution in [0, 0.1) is 5.92 Å². The summed E-state index contributed by atoms with van der Waals surface area (Å²) in [7, 11) is 0. The zero-order chi connectivity index (χ0) is 19.5. The molecule has 0 saturated heterocycles. The van der Waals surface area contributed by atoms with E-state index in [-0.39, 0.29) is 24.5 Å². The zero-order valence-corrected chi connectivity index (χ0v) is 18.0. The second-order valence-corrected chi connectivity index (χ2v) is 8.30. The van der Waals surface area contributed by atoms with Gasteiger partial charge < -0.3 is 10.4 Å². The van der Waals surface area contributed by atoms with Gasteiger partial charge in [-0.25, -0.2) is 0 Å². The van der Waals surface area contributed by atoms with E-state index in [9.17, 15) is 9.90 Å². The average Bonchev–Trinajstić information content (AvgIpc) is 2.62. The first-order valence-electron chi connectivity index (χ1n) is 11.5. The first-order valence-corrected chi connectivity index (χ1v) is 11.5. The van der Waals surface area contributed by atoms with Crippen molar-refractivity contribution in [3.63, 3.8) is 0 Å². The van der Waals surface area contributed by atoms with Crippen LogP contribution in [0.4, 0.5) is 0 Å². The fraction of sp³-hybridized carbons (Fsp3) is 0.957. The molecule has 1 atom stereocenters. The zero-order valence-electron chi connectivity index (χ0n) is 18.0. The number of hydrogen-bond acceptors (Lipinski definition) is 2. The molecule has 3 heteroatoms. The fourth-order valence-corrected chi connectivity index (χ4v) is 3.36. The van der Waals surface area contributed by atoms with Gasteiger partial charge in [0.15, 0.2) is 0 Å². The molecule has 0 aliphatic rings. The quantitative estimate of drug-likeness (QED) is 0.259. The molecule has 26 heavy (non-hydrogen) atoms. The van der Waals surface area contributed by atoms with E-state index in [0.29, 0.717) is 6.42 Å². The topological polar surface area (TPSA) is 49.3 Å². The normalized spacial score (nSPS) is 12.5. The van der Waals surface area contributed by atoms with E-state index in [1.165, 1.54) is 83.5 Å². The molecule has 156 valence electrons. The lowest BCUT2D eigenvalue weighted by Crippen LogP contribution is -2.41. The van der Waals surface area contributed by atoms with Gasteiger partial charge in [0.1, 0.15) is 0 Å². The molecule has 0 aromatic rings. The number of amides is 1. The van der Waals surface area contributed by atoms with Gasteiger partial charge in [0.25, 0.3) is 0 Å². The SMILES string of the molecule is CCCCCCCCCCCCCCCCCC(=O)N[C@H](CO)C(C)C. The Bertz CT molecular complexity index is 305. The minimum Gasteiger partial charge on any atom is -0.394 e. The van der Waals surface area contributed by atoms with Crippen LogP contribution in [0.15, 0.2) is 0 Å². The molecule has 0 bridgehead atoms. The molecule has 0 radical (unpaired) electrons. The van der Waals surface area contributed by atoms with Gasteiger partial charge in [0.2, 0.25) is 5.91 Å². The van der Waals surface area contributed by atoms with Crippen molar-refractivity contribution in [1.29, 1.82) is 0 Å². The third kappa shape index (κ3) is 16.9. The summed E-state index contributed by atoms with van der Waals surface area (Å²) in [6, 6.07) is -0.0983. The molecule has 0 saturated carbocycles. The molecule has 0 unspecified atom stereocenters. The molecule has 0 heterocycles. The molecule has 0 fully saturated rings. The van der Waals surface area contributed by atoms with Crippen molar-refractivity contribution in [2.24, 2.45) is 5.92 Å². The molecular formula is C23H47NO2. The van der Waals surface area contributed by atoms with Gasteiger partial charge in [-0.2, -0.15) is 0 Å². The lowest BCUT2D eigenvalue weighted by atomic mass is 10.0. The Balaban J connectivity index is 3.25. The highest BCUT2D eigenvalue weighted by Gasteiger charge is 2.14. The summed E-state index contributed by atoms with van der Waals surface area (Å²) in [6.45, 7) is 6.35. The Labute approximate surface area is 163 Å². The lowest BCUT2D eigenvalue weighted by Gasteiger charge is -2.19. The van der Waals surface area contributed by atoms with Crippen molar-refractivity contribution >= 4 is 5.91 Å². The molecule has 0 aromatic carbocycles. The standard InChI is InChI=1S/C23H47NO2/c1-4-5-6-7-8-9-10-11-12-13-14-15-16-17-18-19-23(26)24-22(20-25)21(2)3/h21-22,25H,4-20H2,1-3H3,(H,24,26)/t22-/m1/s1. The van der Waals surface area contributed by atoms with E-state index < -0.39 is 0 Å². The van der Waals surface area contributed by atoms with Crippen molar-refractivity contribution < 1.29 is 9.90 Å². The molecule has 3 nitrogen and oxygen atoms in total. The van der Waals surface area contributed by atoms with Crippen LogP contribution >= 0.6 is 0 Å². The monoisotopic (exact) mass is 369 g/mol. The summed E-state index contributed by atoms with van der Waals surface area (Å²) in [5.41, 5.74) is 0.